The van der Waals surface area contributed by atoms with E-state index in [1.165, 1.54) is 17.0 Å². The van der Waals surface area contributed by atoms with Gasteiger partial charge in [0.05, 0.1) is 10.6 Å². The van der Waals surface area contributed by atoms with Crippen molar-refractivity contribution in [2.24, 2.45) is 0 Å². The van der Waals surface area contributed by atoms with Crippen LogP contribution in [0.2, 0.25) is 5.02 Å². The van der Waals surface area contributed by atoms with Crippen molar-refractivity contribution in [3.63, 3.8) is 0 Å². The van der Waals surface area contributed by atoms with Gasteiger partial charge >= 0.3 is 5.97 Å². The van der Waals surface area contributed by atoms with Crippen LogP contribution >= 0.6 is 11.6 Å². The number of likely N-dealkylation sites (tertiary alicyclic amines) is 1. The third kappa shape index (κ3) is 3.04. The predicted octanol–water partition coefficient (Wildman–Crippen LogP) is 3.28. The predicted molar refractivity (Wildman–Crippen MR) is 94.5 cm³/mol. The lowest BCUT2D eigenvalue weighted by molar-refractivity contribution is -0.144. The summed E-state index contributed by atoms with van der Waals surface area (Å²) in [6.45, 7) is 0. The lowest BCUT2D eigenvalue weighted by Crippen LogP contribution is -2.43. The average molecular weight is 389 g/mol. The lowest BCUT2D eigenvalue weighted by Gasteiger charge is -2.29. The summed E-state index contributed by atoms with van der Waals surface area (Å²) in [4.78, 5) is 38.5. The molecule has 1 saturated heterocycles. The van der Waals surface area contributed by atoms with Gasteiger partial charge in [0.1, 0.15) is 11.9 Å². The summed E-state index contributed by atoms with van der Waals surface area (Å²) in [5.74, 6) is -1.85. The van der Waals surface area contributed by atoms with Gasteiger partial charge < -0.3 is 10.1 Å². The van der Waals surface area contributed by atoms with Gasteiger partial charge in [-0.25, -0.2) is 9.18 Å². The largest absolute Gasteiger partial charge is 0.433 e. The van der Waals surface area contributed by atoms with Gasteiger partial charge in [0, 0.05) is 17.7 Å². The molecule has 138 valence electrons. The summed E-state index contributed by atoms with van der Waals surface area (Å²) < 4.78 is 18.7. The first kappa shape index (κ1) is 17.5. The number of ether oxygens (including phenoxy) is 1. The van der Waals surface area contributed by atoms with Crippen LogP contribution in [0, 0.1) is 5.82 Å². The van der Waals surface area contributed by atoms with Crippen molar-refractivity contribution in [2.75, 3.05) is 5.32 Å². The Morgan fingerprint density at radius 3 is 2.78 bits per heavy atom. The van der Waals surface area contributed by atoms with Gasteiger partial charge in [0.25, 0.3) is 0 Å². The van der Waals surface area contributed by atoms with E-state index in [9.17, 15) is 18.8 Å². The van der Waals surface area contributed by atoms with E-state index < -0.39 is 30.0 Å². The van der Waals surface area contributed by atoms with Gasteiger partial charge in [0.15, 0.2) is 0 Å². The molecule has 2 aliphatic rings. The molecule has 0 radical (unpaired) electrons. The Hall–Kier alpha value is -2.93. The highest BCUT2D eigenvalue weighted by Crippen LogP contribution is 2.38. The van der Waals surface area contributed by atoms with Crippen molar-refractivity contribution in [1.82, 2.24) is 4.90 Å². The van der Waals surface area contributed by atoms with E-state index in [4.69, 9.17) is 16.3 Å². The minimum Gasteiger partial charge on any atom is -0.433 e. The summed E-state index contributed by atoms with van der Waals surface area (Å²) in [7, 11) is 0. The maximum atomic E-state index is 13.3. The maximum Gasteiger partial charge on any atom is 0.340 e. The quantitative estimate of drug-likeness (QED) is 0.819. The number of hydrogen-bond donors (Lipinski definition) is 1. The van der Waals surface area contributed by atoms with Crippen LogP contribution in [-0.4, -0.2) is 28.7 Å². The number of anilines is 1. The summed E-state index contributed by atoms with van der Waals surface area (Å²) in [5.41, 5.74) is 1.25. The third-order valence-electron chi connectivity index (χ3n) is 4.66. The molecule has 1 fully saturated rings. The SMILES string of the molecule is O=C1O[C@H](N2C(=O)CC[C@H]2C(=O)Nc2ccc(F)c(Cl)c2)c2ccccc21. The molecule has 0 spiro atoms. The van der Waals surface area contributed by atoms with Gasteiger partial charge in [0.2, 0.25) is 18.0 Å². The zero-order chi connectivity index (χ0) is 19.1. The van der Waals surface area contributed by atoms with E-state index in [2.05, 4.69) is 5.32 Å². The Labute approximate surface area is 158 Å². The number of nitrogens with zero attached hydrogens (tertiary/aromatic N) is 1. The van der Waals surface area contributed by atoms with E-state index in [-0.39, 0.29) is 23.8 Å². The van der Waals surface area contributed by atoms with E-state index in [0.717, 1.165) is 6.07 Å². The fourth-order valence-corrected chi connectivity index (χ4v) is 3.57. The summed E-state index contributed by atoms with van der Waals surface area (Å²) in [6.07, 6.45) is -0.481. The second-order valence-corrected chi connectivity index (χ2v) is 6.73. The Morgan fingerprint density at radius 2 is 2.00 bits per heavy atom. The van der Waals surface area contributed by atoms with E-state index >= 15 is 0 Å². The number of hydrogen-bond acceptors (Lipinski definition) is 4. The normalized spacial score (nSPS) is 21.2. The molecule has 2 aromatic rings. The second-order valence-electron chi connectivity index (χ2n) is 6.32. The Morgan fingerprint density at radius 1 is 1.22 bits per heavy atom. The molecule has 27 heavy (non-hydrogen) atoms. The number of rotatable bonds is 3. The Bertz CT molecular complexity index is 964. The zero-order valence-electron chi connectivity index (χ0n) is 13.9. The number of cyclic esters (lactones) is 1. The topological polar surface area (TPSA) is 75.7 Å². The van der Waals surface area contributed by atoms with Crippen molar-refractivity contribution in [2.45, 2.75) is 25.1 Å². The number of carbonyl (C=O) groups excluding carboxylic acids is 3. The molecule has 0 unspecified atom stereocenters. The first-order valence-electron chi connectivity index (χ1n) is 8.32. The number of carbonyl (C=O) groups is 3. The second kappa shape index (κ2) is 6.66. The number of fused-ring (bicyclic) bond motifs is 1. The highest BCUT2D eigenvalue weighted by Gasteiger charge is 2.46. The molecule has 2 amide bonds. The Balaban J connectivity index is 1.59. The molecular formula is C19H14ClFN2O4. The van der Waals surface area contributed by atoms with Crippen molar-refractivity contribution in [3.8, 4) is 0 Å². The van der Waals surface area contributed by atoms with Crippen LogP contribution in [-0.2, 0) is 14.3 Å². The van der Waals surface area contributed by atoms with Crippen LogP contribution in [0.5, 0.6) is 0 Å². The smallest absolute Gasteiger partial charge is 0.340 e. The fourth-order valence-electron chi connectivity index (χ4n) is 3.39. The van der Waals surface area contributed by atoms with E-state index in [1.807, 2.05) is 0 Å². The molecule has 8 heteroatoms. The van der Waals surface area contributed by atoms with Crippen molar-refractivity contribution in [1.29, 1.82) is 0 Å². The average Bonchev–Trinajstić information content (AvgIpc) is 3.19. The van der Waals surface area contributed by atoms with E-state index in [1.54, 1.807) is 24.3 Å². The van der Waals surface area contributed by atoms with Gasteiger partial charge in [-0.15, -0.1) is 0 Å². The van der Waals surface area contributed by atoms with Crippen LogP contribution in [0.4, 0.5) is 10.1 Å². The minimum absolute atomic E-state index is 0.120. The van der Waals surface area contributed by atoms with Crippen LogP contribution in [0.25, 0.3) is 0 Å². The van der Waals surface area contributed by atoms with Crippen LogP contribution in [0.1, 0.15) is 35.0 Å². The molecule has 1 N–H and O–H groups in total. The summed E-state index contributed by atoms with van der Waals surface area (Å²) in [5, 5.41) is 2.52. The highest BCUT2D eigenvalue weighted by atomic mass is 35.5. The molecule has 2 aromatic carbocycles. The standard InChI is InChI=1S/C19H14ClFN2O4/c20-13-9-10(5-6-14(13)21)22-17(25)15-7-8-16(24)23(15)18-11-3-1-2-4-12(11)19(26)27-18/h1-6,9,15,18H,7-8H2,(H,22,25)/t15-,18-/m0/s1. The number of esters is 1. The van der Waals surface area contributed by atoms with Gasteiger partial charge in [-0.05, 0) is 30.7 Å². The van der Waals surface area contributed by atoms with Gasteiger partial charge in [-0.1, -0.05) is 29.8 Å². The first-order chi connectivity index (χ1) is 13.0. The lowest BCUT2D eigenvalue weighted by atomic mass is 10.1. The Kier molecular flexibility index (Phi) is 4.31. The van der Waals surface area contributed by atoms with Gasteiger partial charge in [-0.3, -0.25) is 14.5 Å². The van der Waals surface area contributed by atoms with Gasteiger partial charge in [-0.2, -0.15) is 0 Å². The number of halogens is 2. The van der Waals surface area contributed by atoms with Crippen molar-refractivity contribution >= 4 is 35.1 Å². The highest BCUT2D eigenvalue weighted by molar-refractivity contribution is 6.31. The number of nitrogens with one attached hydrogen (secondary N) is 1. The molecule has 6 nitrogen and oxygen atoms in total. The molecule has 0 bridgehead atoms. The molecule has 0 saturated carbocycles. The number of benzene rings is 2. The number of amides is 2. The van der Waals surface area contributed by atoms with Crippen LogP contribution in [0.3, 0.4) is 0 Å². The van der Waals surface area contributed by atoms with Crippen molar-refractivity contribution < 1.29 is 23.5 Å². The van der Waals surface area contributed by atoms with Crippen LogP contribution in [0.15, 0.2) is 42.5 Å². The molecule has 4 rings (SSSR count). The van der Waals surface area contributed by atoms with Crippen molar-refractivity contribution in [3.05, 3.63) is 64.4 Å². The van der Waals surface area contributed by atoms with Crippen LogP contribution < -0.4 is 5.32 Å². The van der Waals surface area contributed by atoms with E-state index in [0.29, 0.717) is 16.8 Å². The summed E-state index contributed by atoms with van der Waals surface area (Å²) in [6, 6.07) is 9.76. The fraction of sp³-hybridized carbons (Fsp3) is 0.211. The summed E-state index contributed by atoms with van der Waals surface area (Å²) >= 11 is 5.74. The molecular weight excluding hydrogens is 375 g/mol. The monoisotopic (exact) mass is 388 g/mol. The molecule has 0 aliphatic carbocycles. The molecule has 2 atom stereocenters. The minimum atomic E-state index is -0.934. The zero-order valence-corrected chi connectivity index (χ0v) is 14.7. The molecule has 0 aromatic heterocycles. The molecule has 2 aliphatic heterocycles. The third-order valence-corrected chi connectivity index (χ3v) is 4.95. The molecule has 2 heterocycles. The first-order valence-corrected chi connectivity index (χ1v) is 8.70. The maximum absolute atomic E-state index is 13.3.